The molecule has 1 aromatic rings. The average Bonchev–Trinajstić information content (AvgIpc) is 2.25. The summed E-state index contributed by atoms with van der Waals surface area (Å²) in [6.07, 6.45) is 1.51. The van der Waals surface area contributed by atoms with Gasteiger partial charge in [0.1, 0.15) is 5.75 Å². The van der Waals surface area contributed by atoms with Gasteiger partial charge in [-0.05, 0) is 22.6 Å². The minimum absolute atomic E-state index is 0.0452. The molecule has 0 aliphatic heterocycles. The highest BCUT2D eigenvalue weighted by molar-refractivity contribution is 7.84. The van der Waals surface area contributed by atoms with Crippen LogP contribution in [0.15, 0.2) is 22.1 Å². The van der Waals surface area contributed by atoms with Crippen LogP contribution in [-0.4, -0.2) is 15.6 Å². The Morgan fingerprint density at radius 3 is 2.50 bits per heavy atom. The van der Waals surface area contributed by atoms with Gasteiger partial charge >= 0.3 is 0 Å². The standard InChI is InChI=1S/C12H17N3O2S/c1-12(2,3)9-5-8(7-14-15-13)11(16)10(6-9)18(4)17/h5-6,16H,7H2,1-4H3. The number of phenols is 1. The van der Waals surface area contributed by atoms with Crippen LogP contribution in [0.2, 0.25) is 0 Å². The molecule has 0 aliphatic rings. The summed E-state index contributed by atoms with van der Waals surface area (Å²) >= 11 is 0. The molecule has 0 heterocycles. The Morgan fingerprint density at radius 1 is 1.44 bits per heavy atom. The first-order valence-electron chi connectivity index (χ1n) is 5.48. The number of phenolic OH excluding ortho intramolecular Hbond substituents is 1. The maximum atomic E-state index is 11.6. The van der Waals surface area contributed by atoms with Crippen molar-refractivity contribution in [2.45, 2.75) is 37.6 Å². The van der Waals surface area contributed by atoms with Gasteiger partial charge in [0.15, 0.2) is 0 Å². The van der Waals surface area contributed by atoms with Gasteiger partial charge in [0.25, 0.3) is 0 Å². The molecule has 1 rings (SSSR count). The van der Waals surface area contributed by atoms with Crippen LogP contribution >= 0.6 is 0 Å². The molecule has 1 unspecified atom stereocenters. The van der Waals surface area contributed by atoms with E-state index >= 15 is 0 Å². The highest BCUT2D eigenvalue weighted by Gasteiger charge is 2.19. The summed E-state index contributed by atoms with van der Waals surface area (Å²) in [7, 11) is -1.29. The van der Waals surface area contributed by atoms with Gasteiger partial charge in [-0.3, -0.25) is 4.21 Å². The van der Waals surface area contributed by atoms with Gasteiger partial charge in [0, 0.05) is 16.7 Å². The lowest BCUT2D eigenvalue weighted by atomic mass is 9.86. The molecule has 0 fully saturated rings. The van der Waals surface area contributed by atoms with Crippen LogP contribution < -0.4 is 0 Å². The van der Waals surface area contributed by atoms with Crippen LogP contribution in [0.5, 0.6) is 5.75 Å². The van der Waals surface area contributed by atoms with E-state index in [1.807, 2.05) is 20.8 Å². The molecule has 0 radical (unpaired) electrons. The molecule has 0 aromatic heterocycles. The Kier molecular flexibility index (Phi) is 4.38. The summed E-state index contributed by atoms with van der Waals surface area (Å²) in [5.41, 5.74) is 9.67. The van der Waals surface area contributed by atoms with Gasteiger partial charge in [-0.15, -0.1) is 0 Å². The van der Waals surface area contributed by atoms with Crippen molar-refractivity contribution >= 4 is 10.8 Å². The maximum absolute atomic E-state index is 11.6. The predicted octanol–water partition coefficient (Wildman–Crippen LogP) is 3.24. The normalized spacial score (nSPS) is 12.9. The molecule has 0 saturated carbocycles. The zero-order valence-corrected chi connectivity index (χ0v) is 11.8. The molecule has 5 nitrogen and oxygen atoms in total. The third kappa shape index (κ3) is 3.24. The number of hydrogen-bond donors (Lipinski definition) is 1. The van der Waals surface area contributed by atoms with E-state index in [2.05, 4.69) is 10.0 Å². The number of rotatable bonds is 3. The minimum atomic E-state index is -1.29. The van der Waals surface area contributed by atoms with Gasteiger partial charge in [-0.25, -0.2) is 0 Å². The molecule has 1 aromatic carbocycles. The van der Waals surface area contributed by atoms with Crippen LogP contribution in [0.4, 0.5) is 0 Å². The molecular formula is C12H17N3O2S. The van der Waals surface area contributed by atoms with Crippen molar-refractivity contribution < 1.29 is 9.32 Å². The van der Waals surface area contributed by atoms with Crippen molar-refractivity contribution in [1.82, 2.24) is 0 Å². The number of hydrogen-bond acceptors (Lipinski definition) is 3. The van der Waals surface area contributed by atoms with Gasteiger partial charge in [0.2, 0.25) is 0 Å². The molecule has 18 heavy (non-hydrogen) atoms. The lowest BCUT2D eigenvalue weighted by Crippen LogP contribution is -2.12. The average molecular weight is 267 g/mol. The molecular weight excluding hydrogens is 250 g/mol. The Balaban J connectivity index is 3.46. The Bertz CT molecular complexity index is 529. The maximum Gasteiger partial charge on any atom is 0.135 e. The first-order chi connectivity index (χ1) is 8.27. The number of aromatic hydroxyl groups is 1. The molecule has 1 N–H and O–H groups in total. The smallest absolute Gasteiger partial charge is 0.135 e. The molecule has 98 valence electrons. The van der Waals surface area contributed by atoms with E-state index < -0.39 is 10.8 Å². The first-order valence-corrected chi connectivity index (χ1v) is 7.04. The SMILES string of the molecule is CS(=O)c1cc(C(C)(C)C)cc(CN=[N+]=[N-])c1O. The molecule has 1 atom stereocenters. The molecule has 0 bridgehead atoms. The van der Waals surface area contributed by atoms with E-state index in [4.69, 9.17) is 5.53 Å². The first kappa shape index (κ1) is 14.5. The fraction of sp³-hybridized carbons (Fsp3) is 0.500. The van der Waals surface area contributed by atoms with Gasteiger partial charge < -0.3 is 5.11 Å². The molecule has 6 heteroatoms. The third-order valence-corrected chi connectivity index (χ3v) is 3.56. The zero-order valence-electron chi connectivity index (χ0n) is 11.0. The Labute approximate surface area is 109 Å². The largest absolute Gasteiger partial charge is 0.506 e. The van der Waals surface area contributed by atoms with Crippen molar-refractivity contribution in [2.24, 2.45) is 5.11 Å². The fourth-order valence-electron chi connectivity index (χ4n) is 1.55. The van der Waals surface area contributed by atoms with Crippen molar-refractivity contribution in [1.29, 1.82) is 0 Å². The summed E-state index contributed by atoms with van der Waals surface area (Å²) in [5.74, 6) is -0.0452. The predicted molar refractivity (Wildman–Crippen MR) is 72.0 cm³/mol. The summed E-state index contributed by atoms with van der Waals surface area (Å²) in [5, 5.41) is 13.4. The van der Waals surface area contributed by atoms with Crippen molar-refractivity contribution in [3.05, 3.63) is 33.7 Å². The Hall–Kier alpha value is -1.52. The summed E-state index contributed by atoms with van der Waals surface area (Å²) in [4.78, 5) is 3.06. The second kappa shape index (κ2) is 5.42. The molecule has 0 aliphatic carbocycles. The van der Waals surface area contributed by atoms with Crippen LogP contribution in [-0.2, 0) is 22.8 Å². The second-order valence-corrected chi connectivity index (χ2v) is 6.42. The number of nitrogens with zero attached hydrogens (tertiary/aromatic N) is 3. The lowest BCUT2D eigenvalue weighted by molar-refractivity contribution is 0.452. The zero-order chi connectivity index (χ0) is 13.9. The topological polar surface area (TPSA) is 86.1 Å². The molecule has 0 spiro atoms. The quantitative estimate of drug-likeness (QED) is 0.517. The number of azide groups is 1. The Morgan fingerprint density at radius 2 is 2.06 bits per heavy atom. The summed E-state index contributed by atoms with van der Waals surface area (Å²) in [6.45, 7) is 6.13. The van der Waals surface area contributed by atoms with Gasteiger partial charge in [-0.2, -0.15) is 0 Å². The van der Waals surface area contributed by atoms with Crippen molar-refractivity contribution in [3.8, 4) is 5.75 Å². The fourth-order valence-corrected chi connectivity index (χ4v) is 2.24. The summed E-state index contributed by atoms with van der Waals surface area (Å²) < 4.78 is 11.6. The van der Waals surface area contributed by atoms with Gasteiger partial charge in [-0.1, -0.05) is 32.0 Å². The van der Waals surface area contributed by atoms with E-state index in [0.29, 0.717) is 10.5 Å². The number of benzene rings is 1. The molecule has 0 saturated heterocycles. The van der Waals surface area contributed by atoms with Crippen LogP contribution in [0.1, 0.15) is 31.9 Å². The van der Waals surface area contributed by atoms with E-state index in [9.17, 15) is 9.32 Å². The van der Waals surface area contributed by atoms with E-state index in [1.165, 1.54) is 6.26 Å². The van der Waals surface area contributed by atoms with E-state index in [0.717, 1.165) is 5.56 Å². The van der Waals surface area contributed by atoms with Gasteiger partial charge in [0.05, 0.1) is 22.2 Å². The highest BCUT2D eigenvalue weighted by atomic mass is 32.2. The second-order valence-electron chi connectivity index (χ2n) is 5.08. The molecule has 0 amide bonds. The van der Waals surface area contributed by atoms with E-state index in [-0.39, 0.29) is 17.7 Å². The van der Waals surface area contributed by atoms with E-state index in [1.54, 1.807) is 12.1 Å². The summed E-state index contributed by atoms with van der Waals surface area (Å²) in [6, 6.07) is 3.53. The van der Waals surface area contributed by atoms with Crippen LogP contribution in [0, 0.1) is 0 Å². The minimum Gasteiger partial charge on any atom is -0.506 e. The van der Waals surface area contributed by atoms with Crippen LogP contribution in [0.3, 0.4) is 0 Å². The van der Waals surface area contributed by atoms with Crippen molar-refractivity contribution in [3.63, 3.8) is 0 Å². The lowest BCUT2D eigenvalue weighted by Gasteiger charge is -2.21. The highest BCUT2D eigenvalue weighted by Crippen LogP contribution is 2.33. The monoisotopic (exact) mass is 267 g/mol. The van der Waals surface area contributed by atoms with Crippen LogP contribution in [0.25, 0.3) is 10.4 Å². The third-order valence-electron chi connectivity index (χ3n) is 2.63. The van der Waals surface area contributed by atoms with Crippen molar-refractivity contribution in [2.75, 3.05) is 6.26 Å².